The van der Waals surface area contributed by atoms with E-state index in [-0.39, 0.29) is 17.7 Å². The Hall–Kier alpha value is -3.61. The standard InChI is InChI=1S/C30H30Cl2N4O2/c1-18(2)28(34-29(37)22-12-9-19(3)10-13-22)30(38)35-33-16-24-20(4)36(27-8-6-5-7-23(24)27)17-21-11-14-25(31)26(32)15-21/h5-16,18,28H,17H2,1-4H3,(H,34,37)(H,35,38). The van der Waals surface area contributed by atoms with Crippen molar-refractivity contribution in [2.24, 2.45) is 11.0 Å². The molecule has 6 nitrogen and oxygen atoms in total. The molecule has 2 amide bonds. The van der Waals surface area contributed by atoms with Crippen LogP contribution in [0.1, 0.15) is 46.6 Å². The van der Waals surface area contributed by atoms with E-state index < -0.39 is 6.04 Å². The lowest BCUT2D eigenvalue weighted by molar-refractivity contribution is -0.123. The van der Waals surface area contributed by atoms with E-state index in [1.807, 2.05) is 76.2 Å². The molecule has 0 fully saturated rings. The first-order chi connectivity index (χ1) is 18.2. The van der Waals surface area contributed by atoms with Crippen LogP contribution in [-0.2, 0) is 11.3 Å². The van der Waals surface area contributed by atoms with Crippen LogP contribution in [0.15, 0.2) is 71.8 Å². The van der Waals surface area contributed by atoms with Crippen molar-refractivity contribution in [1.29, 1.82) is 0 Å². The van der Waals surface area contributed by atoms with Gasteiger partial charge in [-0.25, -0.2) is 5.43 Å². The maximum atomic E-state index is 13.0. The quantitative estimate of drug-likeness (QED) is 0.194. The van der Waals surface area contributed by atoms with Gasteiger partial charge in [-0.05, 0) is 55.7 Å². The molecule has 0 saturated carbocycles. The number of hydrogen-bond acceptors (Lipinski definition) is 3. The van der Waals surface area contributed by atoms with E-state index in [1.165, 1.54) is 0 Å². The van der Waals surface area contributed by atoms with E-state index >= 15 is 0 Å². The normalized spacial score (nSPS) is 12.3. The van der Waals surface area contributed by atoms with Crippen LogP contribution in [-0.4, -0.2) is 28.6 Å². The number of hydrogen-bond donors (Lipinski definition) is 2. The van der Waals surface area contributed by atoms with Gasteiger partial charge in [0, 0.05) is 34.3 Å². The largest absolute Gasteiger partial charge is 0.340 e. The fourth-order valence-electron chi connectivity index (χ4n) is 4.34. The number of carbonyl (C=O) groups is 2. The van der Waals surface area contributed by atoms with Gasteiger partial charge in [-0.15, -0.1) is 0 Å². The molecular formula is C30H30Cl2N4O2. The third kappa shape index (κ3) is 6.09. The highest BCUT2D eigenvalue weighted by Crippen LogP contribution is 2.28. The number of aromatic nitrogens is 1. The molecule has 1 unspecified atom stereocenters. The van der Waals surface area contributed by atoms with Gasteiger partial charge < -0.3 is 9.88 Å². The van der Waals surface area contributed by atoms with Crippen molar-refractivity contribution < 1.29 is 9.59 Å². The summed E-state index contributed by atoms with van der Waals surface area (Å²) in [6.07, 6.45) is 1.65. The molecule has 2 N–H and O–H groups in total. The number of halogens is 2. The molecule has 0 aliphatic carbocycles. The predicted octanol–water partition coefficient (Wildman–Crippen LogP) is 6.52. The third-order valence-electron chi connectivity index (χ3n) is 6.52. The van der Waals surface area contributed by atoms with Crippen LogP contribution < -0.4 is 10.7 Å². The smallest absolute Gasteiger partial charge is 0.262 e. The molecule has 3 aromatic carbocycles. The molecule has 196 valence electrons. The monoisotopic (exact) mass is 548 g/mol. The van der Waals surface area contributed by atoms with Gasteiger partial charge in [0.15, 0.2) is 0 Å². The summed E-state index contributed by atoms with van der Waals surface area (Å²) in [4.78, 5) is 25.7. The van der Waals surface area contributed by atoms with Crippen LogP contribution in [0.4, 0.5) is 0 Å². The van der Waals surface area contributed by atoms with Crippen LogP contribution in [0.25, 0.3) is 10.9 Å². The molecule has 0 spiro atoms. The van der Waals surface area contributed by atoms with Crippen LogP contribution in [0.3, 0.4) is 0 Å². The summed E-state index contributed by atoms with van der Waals surface area (Å²) in [6, 6.07) is 20.1. The summed E-state index contributed by atoms with van der Waals surface area (Å²) in [5.74, 6) is -0.813. The molecule has 4 rings (SSSR count). The Bertz CT molecular complexity index is 1510. The average Bonchev–Trinajstić information content (AvgIpc) is 3.15. The molecule has 1 atom stereocenters. The number of amides is 2. The summed E-state index contributed by atoms with van der Waals surface area (Å²) in [5, 5.41) is 9.14. The third-order valence-corrected chi connectivity index (χ3v) is 7.26. The number of para-hydroxylation sites is 1. The summed E-state index contributed by atoms with van der Waals surface area (Å²) < 4.78 is 2.18. The molecule has 0 radical (unpaired) electrons. The van der Waals surface area contributed by atoms with Crippen molar-refractivity contribution in [3.8, 4) is 0 Å². The minimum atomic E-state index is -0.738. The van der Waals surface area contributed by atoms with E-state index in [0.29, 0.717) is 22.2 Å². The molecule has 1 heterocycles. The second kappa shape index (κ2) is 11.8. The molecule has 38 heavy (non-hydrogen) atoms. The minimum absolute atomic E-state index is 0.130. The Kier molecular flexibility index (Phi) is 8.55. The summed E-state index contributed by atoms with van der Waals surface area (Å²) >= 11 is 12.3. The van der Waals surface area contributed by atoms with Gasteiger partial charge >= 0.3 is 0 Å². The SMILES string of the molecule is Cc1ccc(C(=O)NC(C(=O)NN=Cc2c(C)n(Cc3ccc(Cl)c(Cl)c3)c3ccccc23)C(C)C)cc1. The fourth-order valence-corrected chi connectivity index (χ4v) is 4.66. The predicted molar refractivity (Wildman–Crippen MR) is 155 cm³/mol. The van der Waals surface area contributed by atoms with Crippen LogP contribution in [0.5, 0.6) is 0 Å². The van der Waals surface area contributed by atoms with Gasteiger partial charge in [0.1, 0.15) is 6.04 Å². The van der Waals surface area contributed by atoms with E-state index in [9.17, 15) is 9.59 Å². The van der Waals surface area contributed by atoms with Gasteiger partial charge in [-0.3, -0.25) is 9.59 Å². The Balaban J connectivity index is 1.53. The van der Waals surface area contributed by atoms with Crippen molar-refractivity contribution in [2.45, 2.75) is 40.3 Å². The molecule has 0 aliphatic rings. The van der Waals surface area contributed by atoms with E-state index in [1.54, 1.807) is 24.4 Å². The maximum absolute atomic E-state index is 13.0. The maximum Gasteiger partial charge on any atom is 0.262 e. The number of nitrogens with one attached hydrogen (secondary N) is 2. The Labute approximate surface area is 232 Å². The first-order valence-electron chi connectivity index (χ1n) is 12.4. The van der Waals surface area contributed by atoms with Gasteiger partial charge in [0.25, 0.3) is 11.8 Å². The lowest BCUT2D eigenvalue weighted by Crippen LogP contribution is -2.48. The van der Waals surface area contributed by atoms with E-state index in [2.05, 4.69) is 20.4 Å². The van der Waals surface area contributed by atoms with Crippen molar-refractivity contribution in [2.75, 3.05) is 0 Å². The lowest BCUT2D eigenvalue weighted by atomic mass is 10.0. The fraction of sp³-hybridized carbons (Fsp3) is 0.233. The first-order valence-corrected chi connectivity index (χ1v) is 13.1. The van der Waals surface area contributed by atoms with Crippen LogP contribution in [0, 0.1) is 19.8 Å². The molecule has 0 saturated heterocycles. The molecular weight excluding hydrogens is 519 g/mol. The lowest BCUT2D eigenvalue weighted by Gasteiger charge is -2.20. The van der Waals surface area contributed by atoms with Crippen LogP contribution in [0.2, 0.25) is 10.0 Å². The number of benzene rings is 3. The Morgan fingerprint density at radius 1 is 0.974 bits per heavy atom. The molecule has 0 bridgehead atoms. The van der Waals surface area contributed by atoms with Gasteiger partial charge in [-0.2, -0.15) is 5.10 Å². The molecule has 4 aromatic rings. The van der Waals surface area contributed by atoms with Crippen molar-refractivity contribution in [3.63, 3.8) is 0 Å². The summed E-state index contributed by atoms with van der Waals surface area (Å²) in [7, 11) is 0. The van der Waals surface area contributed by atoms with E-state index in [4.69, 9.17) is 23.2 Å². The number of rotatable bonds is 8. The van der Waals surface area contributed by atoms with Crippen molar-refractivity contribution in [1.82, 2.24) is 15.3 Å². The van der Waals surface area contributed by atoms with E-state index in [0.717, 1.165) is 33.3 Å². The van der Waals surface area contributed by atoms with Gasteiger partial charge in [0.2, 0.25) is 0 Å². The highest BCUT2D eigenvalue weighted by Gasteiger charge is 2.24. The number of fused-ring (bicyclic) bond motifs is 1. The zero-order valence-electron chi connectivity index (χ0n) is 21.8. The minimum Gasteiger partial charge on any atom is -0.340 e. The second-order valence-electron chi connectivity index (χ2n) is 9.65. The highest BCUT2D eigenvalue weighted by molar-refractivity contribution is 6.42. The topological polar surface area (TPSA) is 75.5 Å². The van der Waals surface area contributed by atoms with Gasteiger partial charge in [-0.1, -0.05) is 79.0 Å². The van der Waals surface area contributed by atoms with Crippen molar-refractivity contribution >= 4 is 52.1 Å². The number of aryl methyl sites for hydroxylation is 1. The molecule has 0 aliphatic heterocycles. The zero-order valence-corrected chi connectivity index (χ0v) is 23.3. The molecule has 1 aromatic heterocycles. The Morgan fingerprint density at radius 2 is 1.68 bits per heavy atom. The summed E-state index contributed by atoms with van der Waals surface area (Å²) in [5.41, 5.74) is 8.12. The summed E-state index contributed by atoms with van der Waals surface area (Å²) in [6.45, 7) is 8.33. The number of nitrogens with zero attached hydrogens (tertiary/aromatic N) is 2. The number of carbonyl (C=O) groups excluding carboxylic acids is 2. The number of hydrazone groups is 1. The average molecular weight is 550 g/mol. The van der Waals surface area contributed by atoms with Crippen LogP contribution >= 0.6 is 23.2 Å². The Morgan fingerprint density at radius 3 is 2.37 bits per heavy atom. The second-order valence-corrected chi connectivity index (χ2v) is 10.5. The van der Waals surface area contributed by atoms with Crippen molar-refractivity contribution in [3.05, 3.63) is 105 Å². The zero-order chi connectivity index (χ0) is 27.4. The molecule has 8 heteroatoms. The highest BCUT2D eigenvalue weighted by atomic mass is 35.5. The first kappa shape index (κ1) is 27.4. The van der Waals surface area contributed by atoms with Gasteiger partial charge in [0.05, 0.1) is 16.3 Å².